The Balaban J connectivity index is 3.20. The molecule has 0 spiro atoms. The molecule has 1 rings (SSSR count). The minimum atomic E-state index is -0.348. The highest BCUT2D eigenvalue weighted by Gasteiger charge is 2.31. The standard InChI is InChI=1S/C14H22O2/c1-9(11(3)15)8-12-10(2)13(16)6-7-14(12,4)5/h8,13,16H,6-7H2,1-5H3/b9-8-. The Morgan fingerprint density at radius 2 is 2.00 bits per heavy atom. The van der Waals surface area contributed by atoms with Crippen LogP contribution in [0.3, 0.4) is 0 Å². The lowest BCUT2D eigenvalue weighted by atomic mass is 9.71. The van der Waals surface area contributed by atoms with E-state index >= 15 is 0 Å². The first-order valence-corrected chi connectivity index (χ1v) is 5.84. The van der Waals surface area contributed by atoms with E-state index in [1.165, 1.54) is 0 Å². The van der Waals surface area contributed by atoms with E-state index in [2.05, 4.69) is 13.8 Å². The zero-order valence-electron chi connectivity index (χ0n) is 10.9. The molecule has 1 aliphatic rings. The molecule has 0 bridgehead atoms. The van der Waals surface area contributed by atoms with Gasteiger partial charge in [-0.2, -0.15) is 0 Å². The first-order chi connectivity index (χ1) is 7.25. The van der Waals surface area contributed by atoms with E-state index in [-0.39, 0.29) is 17.3 Å². The molecule has 1 N–H and O–H groups in total. The van der Waals surface area contributed by atoms with Gasteiger partial charge < -0.3 is 5.11 Å². The lowest BCUT2D eigenvalue weighted by Gasteiger charge is -2.35. The van der Waals surface area contributed by atoms with Crippen LogP contribution in [0.4, 0.5) is 0 Å². The molecule has 0 aromatic heterocycles. The topological polar surface area (TPSA) is 37.3 Å². The minimum absolute atomic E-state index is 0.0556. The molecule has 0 aliphatic heterocycles. The highest BCUT2D eigenvalue weighted by atomic mass is 16.3. The van der Waals surface area contributed by atoms with Gasteiger partial charge in [0.1, 0.15) is 0 Å². The predicted octanol–water partition coefficient (Wildman–Crippen LogP) is 3.02. The number of carbonyl (C=O) groups is 1. The summed E-state index contributed by atoms with van der Waals surface area (Å²) in [4.78, 5) is 11.3. The molecule has 0 heterocycles. The molecule has 0 saturated carbocycles. The fourth-order valence-electron chi connectivity index (χ4n) is 2.19. The van der Waals surface area contributed by atoms with E-state index in [1.54, 1.807) is 6.92 Å². The van der Waals surface area contributed by atoms with Gasteiger partial charge in [0.25, 0.3) is 0 Å². The first kappa shape index (κ1) is 13.2. The van der Waals surface area contributed by atoms with Crippen LogP contribution in [0.1, 0.15) is 47.5 Å². The van der Waals surface area contributed by atoms with Crippen LogP contribution < -0.4 is 0 Å². The maximum absolute atomic E-state index is 11.3. The smallest absolute Gasteiger partial charge is 0.155 e. The fraction of sp³-hybridized carbons (Fsp3) is 0.643. The van der Waals surface area contributed by atoms with Crippen molar-refractivity contribution in [3.8, 4) is 0 Å². The summed E-state index contributed by atoms with van der Waals surface area (Å²) in [6.07, 6.45) is 3.37. The molecule has 1 unspecified atom stereocenters. The number of allylic oxidation sites excluding steroid dienone is 3. The zero-order valence-corrected chi connectivity index (χ0v) is 10.9. The summed E-state index contributed by atoms with van der Waals surface area (Å²) >= 11 is 0. The summed E-state index contributed by atoms with van der Waals surface area (Å²) in [6.45, 7) is 9.71. The molecule has 0 radical (unpaired) electrons. The van der Waals surface area contributed by atoms with Gasteiger partial charge in [-0.25, -0.2) is 0 Å². The second kappa shape index (κ2) is 4.54. The zero-order chi connectivity index (χ0) is 12.5. The minimum Gasteiger partial charge on any atom is -0.389 e. The number of Topliss-reactive ketones (excluding diaryl/α,β-unsaturated/α-hetero) is 1. The average Bonchev–Trinajstić information content (AvgIpc) is 2.18. The van der Waals surface area contributed by atoms with Gasteiger partial charge in [0.15, 0.2) is 5.78 Å². The van der Waals surface area contributed by atoms with Crippen molar-refractivity contribution >= 4 is 5.78 Å². The summed E-state index contributed by atoms with van der Waals surface area (Å²) in [6, 6.07) is 0. The maximum Gasteiger partial charge on any atom is 0.155 e. The van der Waals surface area contributed by atoms with Crippen LogP contribution in [0.25, 0.3) is 0 Å². The molecule has 1 aliphatic carbocycles. The summed E-state index contributed by atoms with van der Waals surface area (Å²) < 4.78 is 0. The number of aliphatic hydroxyl groups is 1. The Labute approximate surface area is 98.1 Å². The SMILES string of the molecule is CC(=O)/C(C)=C\C1=C(C)C(O)CCC1(C)C. The van der Waals surface area contributed by atoms with E-state index in [0.29, 0.717) is 0 Å². The van der Waals surface area contributed by atoms with Crippen LogP contribution in [0.15, 0.2) is 22.8 Å². The largest absolute Gasteiger partial charge is 0.389 e. The van der Waals surface area contributed by atoms with Crippen molar-refractivity contribution in [2.24, 2.45) is 5.41 Å². The van der Waals surface area contributed by atoms with Gasteiger partial charge in [0.05, 0.1) is 6.10 Å². The van der Waals surface area contributed by atoms with E-state index in [4.69, 9.17) is 0 Å². The van der Waals surface area contributed by atoms with Crippen molar-refractivity contribution in [2.75, 3.05) is 0 Å². The van der Waals surface area contributed by atoms with Crippen molar-refractivity contribution in [2.45, 2.75) is 53.6 Å². The van der Waals surface area contributed by atoms with Crippen LogP contribution in [0, 0.1) is 5.41 Å². The lowest BCUT2D eigenvalue weighted by Crippen LogP contribution is -2.27. The third kappa shape index (κ3) is 2.62. The molecule has 2 heteroatoms. The normalized spacial score (nSPS) is 25.9. The number of hydrogen-bond acceptors (Lipinski definition) is 2. The molecule has 0 fully saturated rings. The van der Waals surface area contributed by atoms with Crippen molar-refractivity contribution in [1.82, 2.24) is 0 Å². The highest BCUT2D eigenvalue weighted by molar-refractivity contribution is 5.93. The average molecular weight is 222 g/mol. The molecule has 90 valence electrons. The third-order valence-electron chi connectivity index (χ3n) is 3.61. The van der Waals surface area contributed by atoms with Gasteiger partial charge in [-0.05, 0) is 55.7 Å². The summed E-state index contributed by atoms with van der Waals surface area (Å²) in [5.41, 5.74) is 2.95. The Morgan fingerprint density at radius 1 is 1.44 bits per heavy atom. The monoisotopic (exact) mass is 222 g/mol. The fourth-order valence-corrected chi connectivity index (χ4v) is 2.19. The second-order valence-corrected chi connectivity index (χ2v) is 5.42. The molecule has 0 amide bonds. The van der Waals surface area contributed by atoms with Gasteiger partial charge in [-0.3, -0.25) is 4.79 Å². The highest BCUT2D eigenvalue weighted by Crippen LogP contribution is 2.41. The molecule has 0 aromatic carbocycles. The molecular formula is C14H22O2. The van der Waals surface area contributed by atoms with Crippen LogP contribution in [0.5, 0.6) is 0 Å². The molecule has 0 saturated heterocycles. The number of hydrogen-bond donors (Lipinski definition) is 1. The van der Waals surface area contributed by atoms with Crippen molar-refractivity contribution in [1.29, 1.82) is 0 Å². The van der Waals surface area contributed by atoms with Crippen molar-refractivity contribution in [3.05, 3.63) is 22.8 Å². The van der Waals surface area contributed by atoms with E-state index in [0.717, 1.165) is 29.6 Å². The molecule has 16 heavy (non-hydrogen) atoms. The number of carbonyl (C=O) groups excluding carboxylic acids is 1. The van der Waals surface area contributed by atoms with Crippen LogP contribution >= 0.6 is 0 Å². The first-order valence-electron chi connectivity index (χ1n) is 5.84. The Morgan fingerprint density at radius 3 is 2.50 bits per heavy atom. The van der Waals surface area contributed by atoms with Gasteiger partial charge in [0.2, 0.25) is 0 Å². The summed E-state index contributed by atoms with van der Waals surface area (Å²) in [7, 11) is 0. The van der Waals surface area contributed by atoms with Gasteiger partial charge in [-0.1, -0.05) is 19.9 Å². The Hall–Kier alpha value is -0.890. The molecule has 2 nitrogen and oxygen atoms in total. The summed E-state index contributed by atoms with van der Waals surface area (Å²) in [5.74, 6) is 0.0937. The van der Waals surface area contributed by atoms with Crippen LogP contribution in [0.2, 0.25) is 0 Å². The number of ketones is 1. The van der Waals surface area contributed by atoms with Gasteiger partial charge in [-0.15, -0.1) is 0 Å². The molecule has 0 aromatic rings. The van der Waals surface area contributed by atoms with E-state index < -0.39 is 0 Å². The maximum atomic E-state index is 11.3. The molecular weight excluding hydrogens is 200 g/mol. The van der Waals surface area contributed by atoms with Crippen LogP contribution in [-0.2, 0) is 4.79 Å². The van der Waals surface area contributed by atoms with Crippen molar-refractivity contribution < 1.29 is 9.90 Å². The second-order valence-electron chi connectivity index (χ2n) is 5.42. The molecule has 1 atom stereocenters. The Bertz CT molecular complexity index is 359. The number of rotatable bonds is 2. The van der Waals surface area contributed by atoms with Crippen LogP contribution in [-0.4, -0.2) is 17.0 Å². The van der Waals surface area contributed by atoms with Gasteiger partial charge in [0, 0.05) is 0 Å². The predicted molar refractivity (Wildman–Crippen MR) is 66.2 cm³/mol. The lowest BCUT2D eigenvalue weighted by molar-refractivity contribution is -0.113. The van der Waals surface area contributed by atoms with Gasteiger partial charge >= 0.3 is 0 Å². The van der Waals surface area contributed by atoms with E-state index in [9.17, 15) is 9.90 Å². The van der Waals surface area contributed by atoms with Crippen molar-refractivity contribution in [3.63, 3.8) is 0 Å². The quantitative estimate of drug-likeness (QED) is 0.729. The third-order valence-corrected chi connectivity index (χ3v) is 3.61. The Kier molecular flexibility index (Phi) is 3.74. The van der Waals surface area contributed by atoms with E-state index in [1.807, 2.05) is 19.9 Å². The summed E-state index contributed by atoms with van der Waals surface area (Å²) in [5, 5.41) is 9.86. The number of aliphatic hydroxyl groups excluding tert-OH is 1.